The summed E-state index contributed by atoms with van der Waals surface area (Å²) in [6, 6.07) is 7.53. The third-order valence-electron chi connectivity index (χ3n) is 2.01. The van der Waals surface area contributed by atoms with Crippen molar-refractivity contribution in [3.8, 4) is 0 Å². The van der Waals surface area contributed by atoms with Gasteiger partial charge < -0.3 is 0 Å². The van der Waals surface area contributed by atoms with Crippen LogP contribution in [0.25, 0.3) is 6.08 Å². The van der Waals surface area contributed by atoms with Gasteiger partial charge in [-0.25, -0.2) is 0 Å². The van der Waals surface area contributed by atoms with Crippen LogP contribution in [0, 0.1) is 0 Å². The summed E-state index contributed by atoms with van der Waals surface area (Å²) in [6.07, 6.45) is 3.27. The Morgan fingerprint density at radius 2 is 2.00 bits per heavy atom. The summed E-state index contributed by atoms with van der Waals surface area (Å²) < 4.78 is 0. The summed E-state index contributed by atoms with van der Waals surface area (Å²) in [5.74, 6) is 0.208. The topological polar surface area (TPSA) is 17.1 Å². The van der Waals surface area contributed by atoms with Crippen LogP contribution >= 0.6 is 15.9 Å². The van der Waals surface area contributed by atoms with E-state index in [0.717, 1.165) is 22.9 Å². The van der Waals surface area contributed by atoms with E-state index in [1.54, 1.807) is 6.08 Å². The third-order valence-corrected chi connectivity index (χ3v) is 2.57. The second-order valence-corrected chi connectivity index (χ2v) is 3.83. The van der Waals surface area contributed by atoms with E-state index in [9.17, 15) is 4.79 Å². The van der Waals surface area contributed by atoms with Crippen LogP contribution in [0.1, 0.15) is 28.8 Å². The Morgan fingerprint density at radius 3 is 2.50 bits per heavy atom. The fourth-order valence-electron chi connectivity index (χ4n) is 1.18. The molecule has 0 spiro atoms. The zero-order chi connectivity index (χ0) is 10.4. The molecule has 0 fully saturated rings. The van der Waals surface area contributed by atoms with E-state index >= 15 is 0 Å². The Morgan fingerprint density at radius 1 is 1.36 bits per heavy atom. The van der Waals surface area contributed by atoms with Gasteiger partial charge in [-0.05, 0) is 12.0 Å². The number of hydrogen-bond donors (Lipinski definition) is 0. The molecule has 0 aliphatic carbocycles. The molecule has 0 aliphatic heterocycles. The standard InChI is InChI=1S/C12H13BrO/c1-2-10-5-7-11(8-6-10)12(14)4-3-9-13/h2,5-8H,1,3-4,9H2. The van der Waals surface area contributed by atoms with E-state index in [1.165, 1.54) is 0 Å². The number of ketones is 1. The van der Waals surface area contributed by atoms with Gasteiger partial charge in [0.15, 0.2) is 5.78 Å². The van der Waals surface area contributed by atoms with Gasteiger partial charge in [0, 0.05) is 17.3 Å². The van der Waals surface area contributed by atoms with Gasteiger partial charge in [0.1, 0.15) is 0 Å². The molecular weight excluding hydrogens is 240 g/mol. The largest absolute Gasteiger partial charge is 0.294 e. The fraction of sp³-hybridized carbons (Fsp3) is 0.250. The number of rotatable bonds is 5. The molecule has 1 rings (SSSR count). The Bertz CT molecular complexity index is 314. The van der Waals surface area contributed by atoms with E-state index < -0.39 is 0 Å². The molecule has 1 aromatic carbocycles. The first kappa shape index (κ1) is 11.2. The van der Waals surface area contributed by atoms with Crippen molar-refractivity contribution in [2.45, 2.75) is 12.8 Å². The van der Waals surface area contributed by atoms with Crippen LogP contribution in [0.15, 0.2) is 30.8 Å². The molecular formula is C12H13BrO. The number of benzene rings is 1. The highest BCUT2D eigenvalue weighted by Gasteiger charge is 2.03. The maximum absolute atomic E-state index is 11.6. The molecule has 0 N–H and O–H groups in total. The lowest BCUT2D eigenvalue weighted by molar-refractivity contribution is 0.0982. The first-order chi connectivity index (χ1) is 6.77. The second-order valence-electron chi connectivity index (χ2n) is 3.04. The van der Waals surface area contributed by atoms with Gasteiger partial charge in [-0.15, -0.1) is 0 Å². The summed E-state index contributed by atoms with van der Waals surface area (Å²) in [6.45, 7) is 3.66. The van der Waals surface area contributed by atoms with Gasteiger partial charge >= 0.3 is 0 Å². The molecule has 1 aromatic rings. The highest BCUT2D eigenvalue weighted by molar-refractivity contribution is 9.09. The predicted octanol–water partition coefficient (Wildman–Crippen LogP) is 3.69. The molecule has 2 heteroatoms. The number of alkyl halides is 1. The van der Waals surface area contributed by atoms with E-state index in [-0.39, 0.29) is 5.78 Å². The maximum Gasteiger partial charge on any atom is 0.162 e. The molecule has 14 heavy (non-hydrogen) atoms. The van der Waals surface area contributed by atoms with Crippen LogP contribution in [0.4, 0.5) is 0 Å². The molecule has 0 aromatic heterocycles. The molecule has 74 valence electrons. The predicted molar refractivity (Wildman–Crippen MR) is 63.9 cm³/mol. The molecule has 0 heterocycles. The lowest BCUT2D eigenvalue weighted by Crippen LogP contribution is -1.98. The lowest BCUT2D eigenvalue weighted by Gasteiger charge is -1.99. The average molecular weight is 253 g/mol. The van der Waals surface area contributed by atoms with E-state index in [1.807, 2.05) is 24.3 Å². The van der Waals surface area contributed by atoms with Gasteiger partial charge in [0.05, 0.1) is 0 Å². The Hall–Kier alpha value is -0.890. The van der Waals surface area contributed by atoms with Crippen molar-refractivity contribution in [3.05, 3.63) is 42.0 Å². The van der Waals surface area contributed by atoms with Crippen LogP contribution in [-0.2, 0) is 0 Å². The van der Waals surface area contributed by atoms with Gasteiger partial charge in [-0.3, -0.25) is 4.79 Å². The zero-order valence-corrected chi connectivity index (χ0v) is 9.59. The first-order valence-corrected chi connectivity index (χ1v) is 5.71. The SMILES string of the molecule is C=Cc1ccc(C(=O)CCCBr)cc1. The Kier molecular flexibility index (Phi) is 4.60. The third kappa shape index (κ3) is 3.11. The van der Waals surface area contributed by atoms with Crippen molar-refractivity contribution in [1.82, 2.24) is 0 Å². The molecule has 0 atom stereocenters. The summed E-state index contributed by atoms with van der Waals surface area (Å²) in [5, 5.41) is 0.878. The number of hydrogen-bond acceptors (Lipinski definition) is 1. The highest BCUT2D eigenvalue weighted by Crippen LogP contribution is 2.09. The summed E-state index contributed by atoms with van der Waals surface area (Å²) in [4.78, 5) is 11.6. The van der Waals surface area contributed by atoms with Crippen molar-refractivity contribution >= 4 is 27.8 Å². The van der Waals surface area contributed by atoms with Crippen molar-refractivity contribution in [2.75, 3.05) is 5.33 Å². The quantitative estimate of drug-likeness (QED) is 0.577. The van der Waals surface area contributed by atoms with Crippen LogP contribution in [-0.4, -0.2) is 11.1 Å². The van der Waals surface area contributed by atoms with E-state index in [4.69, 9.17) is 0 Å². The molecule has 1 nitrogen and oxygen atoms in total. The van der Waals surface area contributed by atoms with Crippen LogP contribution < -0.4 is 0 Å². The van der Waals surface area contributed by atoms with Gasteiger partial charge in [-0.2, -0.15) is 0 Å². The number of carbonyl (C=O) groups is 1. The molecule has 0 aliphatic rings. The Balaban J connectivity index is 2.66. The summed E-state index contributed by atoms with van der Waals surface area (Å²) in [5.41, 5.74) is 1.83. The fourth-order valence-corrected chi connectivity index (χ4v) is 1.46. The van der Waals surface area contributed by atoms with E-state index in [2.05, 4.69) is 22.5 Å². The molecule has 0 saturated heterocycles. The molecule has 0 amide bonds. The van der Waals surface area contributed by atoms with Gasteiger partial charge in [0.25, 0.3) is 0 Å². The second kappa shape index (κ2) is 5.76. The minimum Gasteiger partial charge on any atom is -0.294 e. The first-order valence-electron chi connectivity index (χ1n) is 4.59. The van der Waals surface area contributed by atoms with Crippen LogP contribution in [0.2, 0.25) is 0 Å². The summed E-state index contributed by atoms with van der Waals surface area (Å²) >= 11 is 3.31. The smallest absolute Gasteiger partial charge is 0.162 e. The van der Waals surface area contributed by atoms with Crippen molar-refractivity contribution < 1.29 is 4.79 Å². The number of Topliss-reactive ketones (excluding diaryl/α,β-unsaturated/α-hetero) is 1. The monoisotopic (exact) mass is 252 g/mol. The average Bonchev–Trinajstić information content (AvgIpc) is 2.26. The molecule has 0 bridgehead atoms. The molecule has 0 radical (unpaired) electrons. The summed E-state index contributed by atoms with van der Waals surface area (Å²) in [7, 11) is 0. The lowest BCUT2D eigenvalue weighted by atomic mass is 10.1. The Labute approximate surface area is 93.0 Å². The highest BCUT2D eigenvalue weighted by atomic mass is 79.9. The van der Waals surface area contributed by atoms with Crippen molar-refractivity contribution in [2.24, 2.45) is 0 Å². The maximum atomic E-state index is 11.6. The minimum absolute atomic E-state index is 0.208. The van der Waals surface area contributed by atoms with E-state index in [0.29, 0.717) is 6.42 Å². The zero-order valence-electron chi connectivity index (χ0n) is 8.00. The number of carbonyl (C=O) groups excluding carboxylic acids is 1. The van der Waals surface area contributed by atoms with Crippen LogP contribution in [0.5, 0.6) is 0 Å². The van der Waals surface area contributed by atoms with Gasteiger partial charge in [0.2, 0.25) is 0 Å². The molecule has 0 unspecified atom stereocenters. The van der Waals surface area contributed by atoms with Gasteiger partial charge in [-0.1, -0.05) is 52.9 Å². The van der Waals surface area contributed by atoms with Crippen molar-refractivity contribution in [1.29, 1.82) is 0 Å². The number of halogens is 1. The van der Waals surface area contributed by atoms with Crippen LogP contribution in [0.3, 0.4) is 0 Å². The van der Waals surface area contributed by atoms with Crippen molar-refractivity contribution in [3.63, 3.8) is 0 Å². The minimum atomic E-state index is 0.208. The normalized spacial score (nSPS) is 9.79. The molecule has 0 saturated carbocycles.